The van der Waals surface area contributed by atoms with Gasteiger partial charge in [-0.15, -0.1) is 0 Å². The van der Waals surface area contributed by atoms with Crippen LogP contribution in [0.15, 0.2) is 23.4 Å². The number of rotatable bonds is 3. The van der Waals surface area contributed by atoms with E-state index in [0.29, 0.717) is 30.9 Å². The molecule has 3 aliphatic rings. The van der Waals surface area contributed by atoms with Crippen LogP contribution in [0, 0.1) is 0 Å². The molecule has 2 atom stereocenters. The lowest BCUT2D eigenvalue weighted by Crippen LogP contribution is -2.35. The second-order valence-electron chi connectivity index (χ2n) is 6.96. The van der Waals surface area contributed by atoms with Crippen LogP contribution < -0.4 is 15.0 Å². The van der Waals surface area contributed by atoms with Gasteiger partial charge in [-0.1, -0.05) is 5.16 Å². The van der Waals surface area contributed by atoms with Crippen molar-refractivity contribution in [1.82, 2.24) is 15.5 Å². The lowest BCUT2D eigenvalue weighted by molar-refractivity contribution is -0.127. The highest BCUT2D eigenvalue weighted by Crippen LogP contribution is 2.40. The number of nitrogens with zero attached hydrogens (tertiary/aromatic N) is 3. The predicted molar refractivity (Wildman–Crippen MR) is 102 cm³/mol. The van der Waals surface area contributed by atoms with Gasteiger partial charge in [-0.25, -0.2) is 4.79 Å². The fourth-order valence-corrected chi connectivity index (χ4v) is 3.82. The first-order valence-corrected chi connectivity index (χ1v) is 9.37. The van der Waals surface area contributed by atoms with Crippen LogP contribution in [0.1, 0.15) is 23.8 Å². The molecule has 4 heterocycles. The molecule has 1 aromatic heterocycles. The van der Waals surface area contributed by atoms with Crippen molar-refractivity contribution in [3.8, 4) is 17.0 Å². The van der Waals surface area contributed by atoms with Gasteiger partial charge in [0.1, 0.15) is 5.75 Å². The summed E-state index contributed by atoms with van der Waals surface area (Å²) >= 11 is 0. The Labute approximate surface area is 165 Å². The van der Waals surface area contributed by atoms with E-state index in [-0.39, 0.29) is 18.6 Å². The fraction of sp³-hybridized carbons (Fsp3) is 0.368. The number of hydrogen-bond acceptors (Lipinski definition) is 7. The number of aromatic nitrogens is 2. The summed E-state index contributed by atoms with van der Waals surface area (Å²) in [5.74, 6) is 0.290. The first-order valence-electron chi connectivity index (χ1n) is 9.37. The van der Waals surface area contributed by atoms with Gasteiger partial charge in [0.25, 0.3) is 5.91 Å². The Balaban J connectivity index is 1.46. The van der Waals surface area contributed by atoms with Crippen LogP contribution in [-0.4, -0.2) is 54.7 Å². The molecule has 0 spiro atoms. The molecule has 0 saturated carbocycles. The van der Waals surface area contributed by atoms with Crippen LogP contribution in [0.3, 0.4) is 0 Å². The molecule has 2 N–H and O–H groups in total. The summed E-state index contributed by atoms with van der Waals surface area (Å²) in [7, 11) is 1.51. The summed E-state index contributed by atoms with van der Waals surface area (Å²) in [6.45, 7) is 0.614. The minimum absolute atomic E-state index is 0.147. The van der Waals surface area contributed by atoms with Gasteiger partial charge in [0, 0.05) is 43.3 Å². The zero-order valence-electron chi connectivity index (χ0n) is 15.7. The Morgan fingerprint density at radius 1 is 1.38 bits per heavy atom. The smallest absolute Gasteiger partial charge is 0.415 e. The largest absolute Gasteiger partial charge is 0.492 e. The van der Waals surface area contributed by atoms with Gasteiger partial charge < -0.3 is 19.6 Å². The first kappa shape index (κ1) is 17.5. The summed E-state index contributed by atoms with van der Waals surface area (Å²) in [5.41, 5.74) is 4.20. The van der Waals surface area contributed by atoms with Crippen molar-refractivity contribution in [3.05, 3.63) is 29.5 Å². The maximum absolute atomic E-state index is 12.2. The third kappa shape index (κ3) is 2.87. The number of H-pyrrole nitrogens is 1. The number of anilines is 1. The molecule has 1 unspecified atom stereocenters. The highest BCUT2D eigenvalue weighted by molar-refractivity contribution is 5.96. The maximum atomic E-state index is 12.2. The van der Waals surface area contributed by atoms with E-state index in [2.05, 4.69) is 20.7 Å². The lowest BCUT2D eigenvalue weighted by Gasteiger charge is -2.15. The summed E-state index contributed by atoms with van der Waals surface area (Å²) in [6, 6.07) is 5.45. The number of benzene rings is 1. The summed E-state index contributed by atoms with van der Waals surface area (Å²) in [4.78, 5) is 30.8. The maximum Gasteiger partial charge on any atom is 0.415 e. The highest BCUT2D eigenvalue weighted by atomic mass is 16.6. The molecule has 1 saturated heterocycles. The Hall–Kier alpha value is -3.56. The van der Waals surface area contributed by atoms with E-state index >= 15 is 0 Å². The SMILES string of the molecule is CNC(=O)[C@H]1CN(c2ccc3c(c2)OCCc2c-3n[nH]c2C2CC=NO2)C(=O)O1. The minimum atomic E-state index is -0.832. The summed E-state index contributed by atoms with van der Waals surface area (Å²) < 4.78 is 11.1. The highest BCUT2D eigenvalue weighted by Gasteiger charge is 2.37. The second-order valence-corrected chi connectivity index (χ2v) is 6.96. The van der Waals surface area contributed by atoms with Crippen molar-refractivity contribution in [1.29, 1.82) is 0 Å². The van der Waals surface area contributed by atoms with Crippen LogP contribution in [-0.2, 0) is 20.8 Å². The molecule has 5 rings (SSSR count). The normalized spacial score (nSPS) is 22.2. The Morgan fingerprint density at radius 3 is 3.07 bits per heavy atom. The van der Waals surface area contributed by atoms with Crippen LogP contribution in [0.5, 0.6) is 5.75 Å². The average Bonchev–Trinajstić information content (AvgIpc) is 3.45. The van der Waals surface area contributed by atoms with Crippen LogP contribution in [0.25, 0.3) is 11.3 Å². The van der Waals surface area contributed by atoms with E-state index in [1.165, 1.54) is 11.9 Å². The topological polar surface area (TPSA) is 118 Å². The van der Waals surface area contributed by atoms with Gasteiger partial charge in [0.05, 0.1) is 30.2 Å². The second kappa shape index (κ2) is 6.80. The molecule has 0 aliphatic carbocycles. The molecule has 0 bridgehead atoms. The van der Waals surface area contributed by atoms with Crippen molar-refractivity contribution < 1.29 is 23.9 Å². The van der Waals surface area contributed by atoms with Gasteiger partial charge in [-0.05, 0) is 12.1 Å². The van der Waals surface area contributed by atoms with E-state index < -0.39 is 12.2 Å². The summed E-state index contributed by atoms with van der Waals surface area (Å²) in [5, 5.41) is 13.9. The van der Waals surface area contributed by atoms with Crippen LogP contribution in [0.2, 0.25) is 0 Å². The number of likely N-dealkylation sites (N-methyl/N-ethyl adjacent to an activating group) is 1. The van der Waals surface area contributed by atoms with Crippen LogP contribution in [0.4, 0.5) is 10.5 Å². The van der Waals surface area contributed by atoms with E-state index in [0.717, 1.165) is 22.5 Å². The fourth-order valence-electron chi connectivity index (χ4n) is 3.82. The molecule has 2 amide bonds. The zero-order valence-corrected chi connectivity index (χ0v) is 15.7. The molecule has 0 radical (unpaired) electrons. The third-order valence-corrected chi connectivity index (χ3v) is 5.30. The number of oxime groups is 1. The molecule has 10 nitrogen and oxygen atoms in total. The molecule has 1 aromatic carbocycles. The van der Waals surface area contributed by atoms with E-state index in [1.807, 2.05) is 6.07 Å². The van der Waals surface area contributed by atoms with Crippen LogP contribution >= 0.6 is 0 Å². The molecule has 1 fully saturated rings. The summed E-state index contributed by atoms with van der Waals surface area (Å²) in [6.07, 6.45) is 1.56. The number of aromatic amines is 1. The standard InChI is InChI=1S/C19H19N5O5/c1-20-18(25)15-9-24(19(26)28-15)10-2-3-11-14(8-10)27-7-5-12-16(11)22-23-17(12)13-4-6-21-29-13/h2-3,6,8,13,15H,4-5,7,9H2,1H3,(H,20,25)(H,22,23)/t13?,15-/m1/s1. The monoisotopic (exact) mass is 397 g/mol. The Bertz CT molecular complexity index is 1010. The quantitative estimate of drug-likeness (QED) is 0.811. The van der Waals surface area contributed by atoms with E-state index in [1.54, 1.807) is 18.3 Å². The van der Waals surface area contributed by atoms with Crippen molar-refractivity contribution in [2.45, 2.75) is 25.0 Å². The van der Waals surface area contributed by atoms with Crippen molar-refractivity contribution in [2.24, 2.45) is 5.16 Å². The van der Waals surface area contributed by atoms with Gasteiger partial charge in [-0.2, -0.15) is 5.10 Å². The molecular formula is C19H19N5O5. The predicted octanol–water partition coefficient (Wildman–Crippen LogP) is 1.53. The van der Waals surface area contributed by atoms with Gasteiger partial charge >= 0.3 is 6.09 Å². The number of cyclic esters (lactones) is 1. The number of amides is 2. The number of carbonyl (C=O) groups is 2. The van der Waals surface area contributed by atoms with E-state index in [4.69, 9.17) is 14.3 Å². The van der Waals surface area contributed by atoms with Gasteiger partial charge in [0.2, 0.25) is 0 Å². The Kier molecular flexibility index (Phi) is 4.11. The van der Waals surface area contributed by atoms with Gasteiger partial charge in [-0.3, -0.25) is 14.8 Å². The number of fused-ring (bicyclic) bond motifs is 3. The number of ether oxygens (including phenoxy) is 2. The molecule has 3 aliphatic heterocycles. The minimum Gasteiger partial charge on any atom is -0.492 e. The van der Waals surface area contributed by atoms with Crippen molar-refractivity contribution in [3.63, 3.8) is 0 Å². The Morgan fingerprint density at radius 2 is 2.28 bits per heavy atom. The van der Waals surface area contributed by atoms with E-state index in [9.17, 15) is 9.59 Å². The molecule has 2 aromatic rings. The van der Waals surface area contributed by atoms with Crippen molar-refractivity contribution >= 4 is 23.9 Å². The third-order valence-electron chi connectivity index (χ3n) is 5.30. The molecule has 10 heteroatoms. The molecular weight excluding hydrogens is 378 g/mol. The number of carbonyl (C=O) groups excluding carboxylic acids is 2. The number of nitrogens with one attached hydrogen (secondary N) is 2. The molecule has 29 heavy (non-hydrogen) atoms. The average molecular weight is 397 g/mol. The molecule has 150 valence electrons. The zero-order chi connectivity index (χ0) is 20.0. The van der Waals surface area contributed by atoms with Gasteiger partial charge in [0.15, 0.2) is 12.2 Å². The lowest BCUT2D eigenvalue weighted by atomic mass is 10.0. The first-order chi connectivity index (χ1) is 14.2. The number of hydrogen-bond donors (Lipinski definition) is 2. The van der Waals surface area contributed by atoms with Crippen molar-refractivity contribution in [2.75, 3.05) is 25.1 Å².